The molecule has 1 aliphatic heterocycles. The Morgan fingerprint density at radius 2 is 2.03 bits per heavy atom. The average Bonchev–Trinajstić information content (AvgIpc) is 3.25. The van der Waals surface area contributed by atoms with Gasteiger partial charge in [0.05, 0.1) is 20.8 Å². The molecule has 174 valence electrons. The van der Waals surface area contributed by atoms with Crippen molar-refractivity contribution in [2.45, 2.75) is 38.6 Å². The second-order valence-electron chi connectivity index (χ2n) is 8.53. The lowest BCUT2D eigenvalue weighted by Gasteiger charge is -2.25. The second kappa shape index (κ2) is 10.5. The summed E-state index contributed by atoms with van der Waals surface area (Å²) in [4.78, 5) is 11.0. The molecule has 0 spiro atoms. The Morgan fingerprint density at radius 3 is 2.72 bits per heavy atom. The molecule has 1 fully saturated rings. The van der Waals surface area contributed by atoms with E-state index in [1.54, 1.807) is 26.5 Å². The fourth-order valence-electron chi connectivity index (χ4n) is 3.82. The van der Waals surface area contributed by atoms with Crippen LogP contribution >= 0.6 is 0 Å². The van der Waals surface area contributed by atoms with Crippen LogP contribution in [0.4, 0.5) is 10.2 Å². The number of hydrogen-bond acceptors (Lipinski definition) is 5. The van der Waals surface area contributed by atoms with E-state index in [4.69, 9.17) is 14.5 Å². The molecular weight excluding hydrogens is 409 g/mol. The average molecular weight is 444 g/mol. The lowest BCUT2D eigenvalue weighted by atomic mass is 9.84. The summed E-state index contributed by atoms with van der Waals surface area (Å²) in [5.74, 6) is 2.30. The Hall–Kier alpha value is -3.03. The number of rotatable bonds is 8. The molecule has 3 rings (SSSR count). The first-order chi connectivity index (χ1) is 15.4. The minimum Gasteiger partial charge on any atom is -0.493 e. The van der Waals surface area contributed by atoms with Crippen LogP contribution in [0.25, 0.3) is 0 Å². The number of methoxy groups -OCH3 is 2. The SMILES string of the molecule is CCNC(=NCC(C)(C)c1ccc(OC)c(OC)c1)NC1CCN(c2ncccc2F)C1. The van der Waals surface area contributed by atoms with Crippen LogP contribution in [0.3, 0.4) is 0 Å². The summed E-state index contributed by atoms with van der Waals surface area (Å²) in [6, 6.07) is 9.20. The van der Waals surface area contributed by atoms with Gasteiger partial charge in [-0.15, -0.1) is 0 Å². The minimum absolute atomic E-state index is 0.165. The summed E-state index contributed by atoms with van der Waals surface area (Å²) < 4.78 is 24.9. The summed E-state index contributed by atoms with van der Waals surface area (Å²) in [6.07, 6.45) is 2.51. The highest BCUT2D eigenvalue weighted by atomic mass is 19.1. The molecule has 32 heavy (non-hydrogen) atoms. The summed E-state index contributed by atoms with van der Waals surface area (Å²) in [5.41, 5.74) is 0.910. The monoisotopic (exact) mass is 443 g/mol. The molecule has 2 heterocycles. The van der Waals surface area contributed by atoms with Gasteiger partial charge in [-0.3, -0.25) is 4.99 Å². The predicted molar refractivity (Wildman–Crippen MR) is 126 cm³/mol. The summed E-state index contributed by atoms with van der Waals surface area (Å²) in [5, 5.41) is 6.83. The van der Waals surface area contributed by atoms with E-state index < -0.39 is 0 Å². The normalized spacial score (nSPS) is 16.8. The number of guanidine groups is 1. The third-order valence-electron chi connectivity index (χ3n) is 5.71. The van der Waals surface area contributed by atoms with Crippen molar-refractivity contribution in [1.29, 1.82) is 0 Å². The smallest absolute Gasteiger partial charge is 0.191 e. The van der Waals surface area contributed by atoms with Gasteiger partial charge in [-0.1, -0.05) is 19.9 Å². The number of nitrogens with one attached hydrogen (secondary N) is 2. The zero-order chi connectivity index (χ0) is 23.1. The van der Waals surface area contributed by atoms with Crippen molar-refractivity contribution in [2.75, 3.05) is 45.3 Å². The Labute approximate surface area is 190 Å². The van der Waals surface area contributed by atoms with Crippen LogP contribution < -0.4 is 25.0 Å². The topological polar surface area (TPSA) is 71.0 Å². The summed E-state index contributed by atoms with van der Waals surface area (Å²) in [7, 11) is 3.27. The lowest BCUT2D eigenvalue weighted by Crippen LogP contribution is -2.45. The van der Waals surface area contributed by atoms with Gasteiger partial charge in [-0.2, -0.15) is 0 Å². The van der Waals surface area contributed by atoms with Crippen molar-refractivity contribution in [3.8, 4) is 11.5 Å². The molecule has 2 N–H and O–H groups in total. The number of aliphatic imine (C=N–C) groups is 1. The van der Waals surface area contributed by atoms with Gasteiger partial charge >= 0.3 is 0 Å². The largest absolute Gasteiger partial charge is 0.493 e. The summed E-state index contributed by atoms with van der Waals surface area (Å²) in [6.45, 7) is 9.13. The van der Waals surface area contributed by atoms with E-state index in [9.17, 15) is 4.39 Å². The highest BCUT2D eigenvalue weighted by Crippen LogP contribution is 2.33. The lowest BCUT2D eigenvalue weighted by molar-refractivity contribution is 0.353. The zero-order valence-electron chi connectivity index (χ0n) is 19.6. The summed E-state index contributed by atoms with van der Waals surface area (Å²) >= 11 is 0. The Morgan fingerprint density at radius 1 is 1.25 bits per heavy atom. The van der Waals surface area contributed by atoms with E-state index in [0.717, 1.165) is 31.0 Å². The molecule has 0 bridgehead atoms. The van der Waals surface area contributed by atoms with Crippen LogP contribution in [-0.4, -0.2) is 57.4 Å². The van der Waals surface area contributed by atoms with Gasteiger partial charge < -0.3 is 25.0 Å². The van der Waals surface area contributed by atoms with Crippen molar-refractivity contribution < 1.29 is 13.9 Å². The molecule has 0 saturated carbocycles. The molecule has 1 saturated heterocycles. The number of ether oxygens (including phenoxy) is 2. The molecule has 1 aromatic carbocycles. The van der Waals surface area contributed by atoms with Crippen LogP contribution in [-0.2, 0) is 5.41 Å². The molecule has 0 aliphatic carbocycles. The fourth-order valence-corrected chi connectivity index (χ4v) is 3.82. The van der Waals surface area contributed by atoms with Crippen LogP contribution in [0, 0.1) is 5.82 Å². The molecule has 1 unspecified atom stereocenters. The first-order valence-corrected chi connectivity index (χ1v) is 11.0. The molecule has 1 aromatic heterocycles. The molecule has 0 radical (unpaired) electrons. The van der Waals surface area contributed by atoms with Gasteiger partial charge in [0.25, 0.3) is 0 Å². The van der Waals surface area contributed by atoms with Gasteiger partial charge in [0.1, 0.15) is 0 Å². The number of aromatic nitrogens is 1. The number of pyridine rings is 1. The number of halogens is 1. The van der Waals surface area contributed by atoms with Crippen LogP contribution in [0.5, 0.6) is 11.5 Å². The van der Waals surface area contributed by atoms with E-state index in [2.05, 4.69) is 29.5 Å². The fraction of sp³-hybridized carbons (Fsp3) is 0.500. The van der Waals surface area contributed by atoms with Crippen LogP contribution in [0.15, 0.2) is 41.5 Å². The molecule has 1 aliphatic rings. The number of nitrogens with zero attached hydrogens (tertiary/aromatic N) is 3. The van der Waals surface area contributed by atoms with Crippen molar-refractivity contribution in [2.24, 2.45) is 4.99 Å². The molecule has 7 nitrogen and oxygen atoms in total. The number of benzene rings is 1. The quantitative estimate of drug-likeness (QED) is 0.482. The second-order valence-corrected chi connectivity index (χ2v) is 8.53. The molecule has 8 heteroatoms. The standard InChI is InChI=1S/C24H34FN5O2/c1-6-26-23(29-18-11-13-30(15-18)22-19(25)8-7-12-27-22)28-16-24(2,3)17-9-10-20(31-4)21(14-17)32-5/h7-10,12,14,18H,6,11,13,15-16H2,1-5H3,(H2,26,28,29). The van der Waals surface area contributed by atoms with Gasteiger partial charge in [0.15, 0.2) is 29.1 Å². The molecule has 0 amide bonds. The highest BCUT2D eigenvalue weighted by molar-refractivity contribution is 5.80. The number of hydrogen-bond donors (Lipinski definition) is 2. The van der Waals surface area contributed by atoms with E-state index >= 15 is 0 Å². The minimum atomic E-state index is -0.287. The third kappa shape index (κ3) is 5.60. The van der Waals surface area contributed by atoms with E-state index in [0.29, 0.717) is 30.4 Å². The Balaban J connectivity index is 1.67. The molecule has 2 aromatic rings. The van der Waals surface area contributed by atoms with E-state index in [1.807, 2.05) is 30.0 Å². The maximum atomic E-state index is 14.1. The predicted octanol–water partition coefficient (Wildman–Crippen LogP) is 3.35. The van der Waals surface area contributed by atoms with Crippen LogP contribution in [0.1, 0.15) is 32.8 Å². The first-order valence-electron chi connectivity index (χ1n) is 11.0. The number of anilines is 1. The maximum Gasteiger partial charge on any atom is 0.191 e. The van der Waals surface area contributed by atoms with Crippen molar-refractivity contribution in [1.82, 2.24) is 15.6 Å². The van der Waals surface area contributed by atoms with Crippen molar-refractivity contribution in [3.63, 3.8) is 0 Å². The Bertz CT molecular complexity index is 934. The van der Waals surface area contributed by atoms with Crippen molar-refractivity contribution >= 4 is 11.8 Å². The highest BCUT2D eigenvalue weighted by Gasteiger charge is 2.27. The van der Waals surface area contributed by atoms with Gasteiger partial charge in [0, 0.05) is 37.3 Å². The first kappa shape index (κ1) is 23.6. The van der Waals surface area contributed by atoms with E-state index in [-0.39, 0.29) is 17.3 Å². The maximum absolute atomic E-state index is 14.1. The van der Waals surface area contributed by atoms with Gasteiger partial charge in [-0.05, 0) is 43.2 Å². The van der Waals surface area contributed by atoms with Crippen LogP contribution in [0.2, 0.25) is 0 Å². The zero-order valence-corrected chi connectivity index (χ0v) is 19.6. The van der Waals surface area contributed by atoms with E-state index in [1.165, 1.54) is 6.07 Å². The van der Waals surface area contributed by atoms with Gasteiger partial charge in [-0.25, -0.2) is 9.37 Å². The molecular formula is C24H34FN5O2. The van der Waals surface area contributed by atoms with Gasteiger partial charge in [0.2, 0.25) is 0 Å². The molecule has 1 atom stereocenters. The third-order valence-corrected chi connectivity index (χ3v) is 5.71. The van der Waals surface area contributed by atoms with Crippen molar-refractivity contribution in [3.05, 3.63) is 47.9 Å². The Kier molecular flexibility index (Phi) is 7.77.